The quantitative estimate of drug-likeness (QED) is 0.664. The van der Waals surface area contributed by atoms with Crippen LogP contribution in [0.1, 0.15) is 25.0 Å². The van der Waals surface area contributed by atoms with Crippen LogP contribution in [0.2, 0.25) is 0 Å². The van der Waals surface area contributed by atoms with Crippen molar-refractivity contribution in [2.45, 2.75) is 38.4 Å². The highest BCUT2D eigenvalue weighted by molar-refractivity contribution is 5.79. The Balaban J connectivity index is 1.16. The summed E-state index contributed by atoms with van der Waals surface area (Å²) in [4.78, 5) is 2.49. The highest BCUT2D eigenvalue weighted by atomic mass is 16.3. The molecule has 0 atom stereocenters. The molecule has 0 radical (unpaired) electrons. The van der Waals surface area contributed by atoms with Crippen LogP contribution in [0, 0.1) is 0 Å². The Morgan fingerprint density at radius 1 is 1.04 bits per heavy atom. The lowest BCUT2D eigenvalue weighted by Gasteiger charge is -2.31. The number of nitrogens with one attached hydrogen (secondary N) is 1. The summed E-state index contributed by atoms with van der Waals surface area (Å²) in [7, 11) is 0. The second kappa shape index (κ2) is 7.89. The highest BCUT2D eigenvalue weighted by Gasteiger charge is 2.19. The first kappa shape index (κ1) is 16.4. The van der Waals surface area contributed by atoms with E-state index in [1.54, 1.807) is 6.26 Å². The van der Waals surface area contributed by atoms with Crippen LogP contribution in [-0.2, 0) is 13.1 Å². The number of aromatic nitrogens is 1. The van der Waals surface area contributed by atoms with E-state index < -0.39 is 0 Å². The molecule has 1 fully saturated rings. The van der Waals surface area contributed by atoms with E-state index in [9.17, 15) is 0 Å². The van der Waals surface area contributed by atoms with Crippen LogP contribution < -0.4 is 5.32 Å². The Morgan fingerprint density at radius 3 is 2.76 bits per heavy atom. The second-order valence-electron chi connectivity index (χ2n) is 7.01. The fourth-order valence-corrected chi connectivity index (χ4v) is 3.81. The van der Waals surface area contributed by atoms with E-state index in [2.05, 4.69) is 57.4 Å². The maximum Gasteiger partial charge on any atom is 0.117 e. The summed E-state index contributed by atoms with van der Waals surface area (Å²) in [6, 6.07) is 15.5. The van der Waals surface area contributed by atoms with Gasteiger partial charge in [-0.25, -0.2) is 0 Å². The van der Waals surface area contributed by atoms with Crippen LogP contribution in [0.5, 0.6) is 0 Å². The molecule has 1 aliphatic rings. The van der Waals surface area contributed by atoms with E-state index in [4.69, 9.17) is 4.42 Å². The van der Waals surface area contributed by atoms with Gasteiger partial charge in [-0.05, 0) is 55.5 Å². The average molecular weight is 337 g/mol. The van der Waals surface area contributed by atoms with Crippen LogP contribution in [0.3, 0.4) is 0 Å². The number of furan rings is 1. The minimum absolute atomic E-state index is 0.661. The van der Waals surface area contributed by atoms with Gasteiger partial charge in [0.25, 0.3) is 0 Å². The van der Waals surface area contributed by atoms with Crippen LogP contribution in [0.15, 0.2) is 59.3 Å². The van der Waals surface area contributed by atoms with Gasteiger partial charge in [-0.1, -0.05) is 18.2 Å². The molecule has 0 amide bonds. The van der Waals surface area contributed by atoms with Gasteiger partial charge in [0, 0.05) is 37.4 Å². The Hall–Kier alpha value is -2.04. The number of hydrogen-bond donors (Lipinski definition) is 1. The maximum atomic E-state index is 5.45. The largest absolute Gasteiger partial charge is 0.468 e. The number of para-hydroxylation sites is 1. The second-order valence-corrected chi connectivity index (χ2v) is 7.01. The summed E-state index contributed by atoms with van der Waals surface area (Å²) >= 11 is 0. The standard InChI is InChI=1S/C21H27N3O/c1-2-7-21-18(5-1)8-15-24(21)12-4-11-22-19-9-13-23(14-10-19)17-20-6-3-16-25-20/h1-3,5-8,15-16,19,22H,4,9-14,17H2. The molecule has 132 valence electrons. The lowest BCUT2D eigenvalue weighted by Crippen LogP contribution is -2.42. The molecule has 1 aromatic carbocycles. The molecule has 4 rings (SSSR count). The predicted molar refractivity (Wildman–Crippen MR) is 102 cm³/mol. The zero-order valence-corrected chi connectivity index (χ0v) is 14.7. The van der Waals surface area contributed by atoms with Gasteiger partial charge in [-0.2, -0.15) is 0 Å². The summed E-state index contributed by atoms with van der Waals surface area (Å²) in [6.45, 7) is 5.43. The highest BCUT2D eigenvalue weighted by Crippen LogP contribution is 2.16. The number of aryl methyl sites for hydroxylation is 1. The molecule has 1 aliphatic heterocycles. The molecule has 3 aromatic rings. The summed E-state index contributed by atoms with van der Waals surface area (Å²) in [6.07, 6.45) is 7.60. The van der Waals surface area contributed by atoms with Gasteiger partial charge in [-0.3, -0.25) is 4.90 Å². The normalized spacial score (nSPS) is 16.6. The zero-order valence-electron chi connectivity index (χ0n) is 14.7. The Bertz CT molecular complexity index is 769. The Morgan fingerprint density at radius 2 is 1.92 bits per heavy atom. The monoisotopic (exact) mass is 337 g/mol. The van der Waals surface area contributed by atoms with Crippen molar-refractivity contribution in [3.05, 3.63) is 60.7 Å². The molecule has 0 aliphatic carbocycles. The van der Waals surface area contributed by atoms with Crippen molar-refractivity contribution in [3.63, 3.8) is 0 Å². The van der Waals surface area contributed by atoms with Gasteiger partial charge >= 0.3 is 0 Å². The van der Waals surface area contributed by atoms with Crippen molar-refractivity contribution >= 4 is 10.9 Å². The molecule has 4 nitrogen and oxygen atoms in total. The number of fused-ring (bicyclic) bond motifs is 1. The molecule has 0 bridgehead atoms. The van der Waals surface area contributed by atoms with Gasteiger partial charge in [0.2, 0.25) is 0 Å². The fraction of sp³-hybridized carbons (Fsp3) is 0.429. The van der Waals surface area contributed by atoms with Crippen molar-refractivity contribution in [1.82, 2.24) is 14.8 Å². The van der Waals surface area contributed by atoms with Crippen LogP contribution in [-0.4, -0.2) is 35.1 Å². The van der Waals surface area contributed by atoms with Gasteiger partial charge < -0.3 is 14.3 Å². The number of rotatable bonds is 7. The van der Waals surface area contributed by atoms with E-state index in [1.807, 2.05) is 6.07 Å². The van der Waals surface area contributed by atoms with Gasteiger partial charge in [-0.15, -0.1) is 0 Å². The molecule has 1 saturated heterocycles. The van der Waals surface area contributed by atoms with Crippen LogP contribution in [0.25, 0.3) is 10.9 Å². The maximum absolute atomic E-state index is 5.45. The van der Waals surface area contributed by atoms with E-state index in [-0.39, 0.29) is 0 Å². The molecule has 1 N–H and O–H groups in total. The number of benzene rings is 1. The van der Waals surface area contributed by atoms with Crippen LogP contribution in [0.4, 0.5) is 0 Å². The fourth-order valence-electron chi connectivity index (χ4n) is 3.81. The SMILES string of the molecule is c1coc(CN2CCC(NCCCn3ccc4ccccc43)CC2)c1. The minimum atomic E-state index is 0.661. The molecular weight excluding hydrogens is 310 g/mol. The number of piperidine rings is 1. The summed E-state index contributed by atoms with van der Waals surface area (Å²) < 4.78 is 7.81. The van der Waals surface area contributed by atoms with Crippen molar-refractivity contribution in [3.8, 4) is 0 Å². The van der Waals surface area contributed by atoms with E-state index in [0.717, 1.165) is 38.5 Å². The first-order valence-electron chi connectivity index (χ1n) is 9.40. The molecule has 0 unspecified atom stereocenters. The summed E-state index contributed by atoms with van der Waals surface area (Å²) in [5.41, 5.74) is 1.34. The minimum Gasteiger partial charge on any atom is -0.468 e. The lowest BCUT2D eigenvalue weighted by molar-refractivity contribution is 0.178. The van der Waals surface area contributed by atoms with Gasteiger partial charge in [0.05, 0.1) is 12.8 Å². The average Bonchev–Trinajstić information content (AvgIpc) is 3.30. The first-order chi connectivity index (χ1) is 12.4. The summed E-state index contributed by atoms with van der Waals surface area (Å²) in [5, 5.41) is 5.08. The topological polar surface area (TPSA) is 33.3 Å². The third-order valence-corrected chi connectivity index (χ3v) is 5.24. The molecule has 0 saturated carbocycles. The smallest absolute Gasteiger partial charge is 0.117 e. The van der Waals surface area contributed by atoms with Gasteiger partial charge in [0.15, 0.2) is 0 Å². The summed E-state index contributed by atoms with van der Waals surface area (Å²) in [5.74, 6) is 1.07. The molecule has 2 aromatic heterocycles. The van der Waals surface area contributed by atoms with E-state index in [1.165, 1.54) is 30.2 Å². The van der Waals surface area contributed by atoms with E-state index in [0.29, 0.717) is 6.04 Å². The van der Waals surface area contributed by atoms with Crippen molar-refractivity contribution < 1.29 is 4.42 Å². The third-order valence-electron chi connectivity index (χ3n) is 5.24. The molecule has 25 heavy (non-hydrogen) atoms. The number of hydrogen-bond acceptors (Lipinski definition) is 3. The number of likely N-dealkylation sites (tertiary alicyclic amines) is 1. The predicted octanol–water partition coefficient (Wildman–Crippen LogP) is 3.88. The van der Waals surface area contributed by atoms with Crippen molar-refractivity contribution in [2.75, 3.05) is 19.6 Å². The van der Waals surface area contributed by atoms with Crippen molar-refractivity contribution in [1.29, 1.82) is 0 Å². The molecular formula is C21H27N3O. The first-order valence-corrected chi connectivity index (χ1v) is 9.40. The Labute approximate surface area is 149 Å². The van der Waals surface area contributed by atoms with Gasteiger partial charge in [0.1, 0.15) is 5.76 Å². The van der Waals surface area contributed by atoms with Crippen LogP contribution >= 0.6 is 0 Å². The molecule has 3 heterocycles. The molecule has 0 spiro atoms. The third kappa shape index (κ3) is 4.14. The number of nitrogens with zero attached hydrogens (tertiary/aromatic N) is 2. The zero-order chi connectivity index (χ0) is 16.9. The molecule has 4 heteroatoms. The van der Waals surface area contributed by atoms with Crippen molar-refractivity contribution in [2.24, 2.45) is 0 Å². The van der Waals surface area contributed by atoms with E-state index >= 15 is 0 Å². The Kier molecular flexibility index (Phi) is 5.19. The lowest BCUT2D eigenvalue weighted by atomic mass is 10.0.